The summed E-state index contributed by atoms with van der Waals surface area (Å²) in [5.74, 6) is 0.257. The van der Waals surface area contributed by atoms with Crippen LogP contribution in [-0.4, -0.2) is 30.9 Å². The SMILES string of the molecule is CSc1ccccc1C(=O)OC(C)(C)C1CC[NH2+]CC1. The van der Waals surface area contributed by atoms with Gasteiger partial charge in [-0.2, -0.15) is 0 Å². The van der Waals surface area contributed by atoms with E-state index in [9.17, 15) is 4.79 Å². The topological polar surface area (TPSA) is 42.9 Å². The van der Waals surface area contributed by atoms with E-state index in [0.717, 1.165) is 30.8 Å². The Bertz CT molecular complexity index is 467. The van der Waals surface area contributed by atoms with E-state index in [1.54, 1.807) is 11.8 Å². The Labute approximate surface area is 125 Å². The van der Waals surface area contributed by atoms with Crippen LogP contribution in [-0.2, 0) is 4.74 Å². The Morgan fingerprint density at radius 3 is 2.60 bits per heavy atom. The first-order chi connectivity index (χ1) is 9.54. The molecule has 1 heterocycles. The molecule has 2 rings (SSSR count). The number of hydrogen-bond acceptors (Lipinski definition) is 3. The predicted octanol–water partition coefficient (Wildman–Crippen LogP) is 2.32. The zero-order chi connectivity index (χ0) is 14.6. The Hall–Kier alpha value is -1.00. The summed E-state index contributed by atoms with van der Waals surface area (Å²) in [6, 6.07) is 7.65. The van der Waals surface area contributed by atoms with Crippen molar-refractivity contribution in [3.8, 4) is 0 Å². The van der Waals surface area contributed by atoms with Crippen LogP contribution < -0.4 is 5.32 Å². The second kappa shape index (κ2) is 6.64. The van der Waals surface area contributed by atoms with Crippen LogP contribution in [0.2, 0.25) is 0 Å². The summed E-state index contributed by atoms with van der Waals surface area (Å²) in [6.45, 7) is 6.35. The van der Waals surface area contributed by atoms with Crippen LogP contribution in [0.4, 0.5) is 0 Å². The van der Waals surface area contributed by atoms with Crippen molar-refractivity contribution in [3.63, 3.8) is 0 Å². The minimum atomic E-state index is -0.392. The van der Waals surface area contributed by atoms with Crippen molar-refractivity contribution in [1.29, 1.82) is 0 Å². The van der Waals surface area contributed by atoms with Crippen LogP contribution in [0.3, 0.4) is 0 Å². The lowest BCUT2D eigenvalue weighted by Crippen LogP contribution is -2.86. The smallest absolute Gasteiger partial charge is 0.339 e. The largest absolute Gasteiger partial charge is 0.456 e. The highest BCUT2D eigenvalue weighted by Crippen LogP contribution is 2.30. The van der Waals surface area contributed by atoms with Crippen molar-refractivity contribution in [2.45, 2.75) is 37.2 Å². The average Bonchev–Trinajstić information content (AvgIpc) is 2.47. The van der Waals surface area contributed by atoms with Gasteiger partial charge in [0.1, 0.15) is 5.60 Å². The lowest BCUT2D eigenvalue weighted by molar-refractivity contribution is -0.665. The number of benzene rings is 1. The highest BCUT2D eigenvalue weighted by Gasteiger charge is 2.35. The average molecular weight is 294 g/mol. The number of hydrogen-bond donors (Lipinski definition) is 1. The maximum Gasteiger partial charge on any atom is 0.339 e. The second-order valence-corrected chi connectivity index (χ2v) is 6.68. The first-order valence-electron chi connectivity index (χ1n) is 7.22. The van der Waals surface area contributed by atoms with Crippen LogP contribution in [0.5, 0.6) is 0 Å². The van der Waals surface area contributed by atoms with Gasteiger partial charge in [0.25, 0.3) is 0 Å². The minimum absolute atomic E-state index is 0.200. The molecule has 110 valence electrons. The summed E-state index contributed by atoms with van der Waals surface area (Å²) < 4.78 is 5.84. The molecule has 1 fully saturated rings. The van der Waals surface area contributed by atoms with Crippen molar-refractivity contribution in [1.82, 2.24) is 0 Å². The molecule has 0 spiro atoms. The highest BCUT2D eigenvalue weighted by atomic mass is 32.2. The zero-order valence-electron chi connectivity index (χ0n) is 12.5. The van der Waals surface area contributed by atoms with Crippen LogP contribution in [0.25, 0.3) is 0 Å². The second-order valence-electron chi connectivity index (χ2n) is 5.83. The van der Waals surface area contributed by atoms with Gasteiger partial charge in [-0.1, -0.05) is 12.1 Å². The van der Waals surface area contributed by atoms with Crippen molar-refractivity contribution >= 4 is 17.7 Å². The van der Waals surface area contributed by atoms with Gasteiger partial charge in [0, 0.05) is 23.7 Å². The van der Waals surface area contributed by atoms with Gasteiger partial charge in [0.2, 0.25) is 0 Å². The van der Waals surface area contributed by atoms with Crippen LogP contribution in [0.1, 0.15) is 37.0 Å². The molecule has 0 atom stereocenters. The van der Waals surface area contributed by atoms with E-state index in [-0.39, 0.29) is 5.97 Å². The summed E-state index contributed by atoms with van der Waals surface area (Å²) in [7, 11) is 0. The van der Waals surface area contributed by atoms with Gasteiger partial charge in [-0.3, -0.25) is 0 Å². The third kappa shape index (κ3) is 3.55. The van der Waals surface area contributed by atoms with Gasteiger partial charge >= 0.3 is 5.97 Å². The van der Waals surface area contributed by atoms with Gasteiger partial charge in [0.05, 0.1) is 18.7 Å². The maximum absolute atomic E-state index is 12.4. The minimum Gasteiger partial charge on any atom is -0.456 e. The standard InChI is InChI=1S/C16H23NO2S/c1-16(2,12-8-10-17-11-9-12)19-15(18)13-6-4-5-7-14(13)20-3/h4-7,12,17H,8-11H2,1-3H3/p+1. The number of piperidine rings is 1. The summed E-state index contributed by atoms with van der Waals surface area (Å²) >= 11 is 1.58. The number of ether oxygens (including phenoxy) is 1. The Kier molecular flexibility index (Phi) is 5.11. The van der Waals surface area contributed by atoms with E-state index in [1.165, 1.54) is 0 Å². The molecule has 1 saturated heterocycles. The maximum atomic E-state index is 12.4. The summed E-state index contributed by atoms with van der Waals surface area (Å²) in [6.07, 6.45) is 4.21. The third-order valence-electron chi connectivity index (χ3n) is 4.10. The third-order valence-corrected chi connectivity index (χ3v) is 4.90. The van der Waals surface area contributed by atoms with Crippen molar-refractivity contribution in [2.75, 3.05) is 19.3 Å². The van der Waals surface area contributed by atoms with Crippen molar-refractivity contribution in [3.05, 3.63) is 29.8 Å². The van der Waals surface area contributed by atoms with Gasteiger partial charge in [-0.05, 0) is 32.2 Å². The molecule has 0 amide bonds. The zero-order valence-corrected chi connectivity index (χ0v) is 13.3. The lowest BCUT2D eigenvalue weighted by Gasteiger charge is -2.35. The lowest BCUT2D eigenvalue weighted by atomic mass is 9.83. The molecule has 0 unspecified atom stereocenters. The van der Waals surface area contributed by atoms with Crippen molar-refractivity contribution in [2.24, 2.45) is 5.92 Å². The monoisotopic (exact) mass is 294 g/mol. The normalized spacial score (nSPS) is 16.9. The molecule has 0 bridgehead atoms. The fourth-order valence-electron chi connectivity index (χ4n) is 2.81. The van der Waals surface area contributed by atoms with E-state index in [4.69, 9.17) is 4.74 Å². The van der Waals surface area contributed by atoms with Crippen LogP contribution >= 0.6 is 11.8 Å². The highest BCUT2D eigenvalue weighted by molar-refractivity contribution is 7.98. The quantitative estimate of drug-likeness (QED) is 0.684. The fraction of sp³-hybridized carbons (Fsp3) is 0.562. The fourth-order valence-corrected chi connectivity index (χ4v) is 3.40. The molecular weight excluding hydrogens is 270 g/mol. The number of quaternary nitrogens is 1. The summed E-state index contributed by atoms with van der Waals surface area (Å²) in [4.78, 5) is 13.4. The van der Waals surface area contributed by atoms with Gasteiger partial charge in [0.15, 0.2) is 0 Å². The number of rotatable bonds is 4. The first-order valence-corrected chi connectivity index (χ1v) is 8.45. The summed E-state index contributed by atoms with van der Waals surface area (Å²) in [5, 5.41) is 2.33. The Morgan fingerprint density at radius 1 is 1.30 bits per heavy atom. The number of esters is 1. The Morgan fingerprint density at radius 2 is 1.95 bits per heavy atom. The number of thioether (sulfide) groups is 1. The molecule has 4 heteroatoms. The number of carbonyl (C=O) groups excluding carboxylic acids is 1. The van der Waals surface area contributed by atoms with Gasteiger partial charge in [-0.25, -0.2) is 4.79 Å². The summed E-state index contributed by atoms with van der Waals surface area (Å²) in [5.41, 5.74) is 0.284. The van der Waals surface area contributed by atoms with Crippen molar-refractivity contribution < 1.29 is 14.8 Å². The Balaban J connectivity index is 2.09. The molecule has 2 N–H and O–H groups in total. The van der Waals surface area contributed by atoms with E-state index in [2.05, 4.69) is 5.32 Å². The van der Waals surface area contributed by atoms with Gasteiger partial charge in [-0.15, -0.1) is 11.8 Å². The number of carbonyl (C=O) groups is 1. The van der Waals surface area contributed by atoms with Crippen LogP contribution in [0.15, 0.2) is 29.2 Å². The van der Waals surface area contributed by atoms with E-state index >= 15 is 0 Å². The molecule has 20 heavy (non-hydrogen) atoms. The molecule has 0 radical (unpaired) electrons. The molecule has 3 nitrogen and oxygen atoms in total. The number of nitrogens with two attached hydrogens (primary N) is 1. The molecule has 0 aromatic heterocycles. The van der Waals surface area contributed by atoms with Crippen LogP contribution in [0, 0.1) is 5.92 Å². The van der Waals surface area contributed by atoms with Gasteiger partial charge < -0.3 is 10.1 Å². The van der Waals surface area contributed by atoms with E-state index in [1.807, 2.05) is 44.4 Å². The molecule has 0 saturated carbocycles. The molecule has 1 aromatic rings. The molecule has 1 aliphatic heterocycles. The predicted molar refractivity (Wildman–Crippen MR) is 82.1 cm³/mol. The van der Waals surface area contributed by atoms with E-state index in [0.29, 0.717) is 11.5 Å². The molecule has 1 aliphatic rings. The molecular formula is C16H24NO2S+. The molecule has 1 aromatic carbocycles. The first kappa shape index (κ1) is 15.4. The van der Waals surface area contributed by atoms with E-state index < -0.39 is 5.60 Å². The molecule has 0 aliphatic carbocycles.